The van der Waals surface area contributed by atoms with Crippen molar-refractivity contribution in [3.63, 3.8) is 0 Å². The van der Waals surface area contributed by atoms with E-state index in [4.69, 9.17) is 19.6 Å². The van der Waals surface area contributed by atoms with Crippen LogP contribution in [0.25, 0.3) is 0 Å². The molecule has 30 heavy (non-hydrogen) atoms. The lowest BCUT2D eigenvalue weighted by molar-refractivity contribution is -0.340. The van der Waals surface area contributed by atoms with Crippen LogP contribution in [-0.2, 0) is 29.1 Å². The van der Waals surface area contributed by atoms with Gasteiger partial charge in [-0.2, -0.15) is 9.78 Å². The maximum atomic E-state index is 11.9. The minimum Gasteiger partial charge on any atom is -0.298 e. The quantitative estimate of drug-likeness (QED) is 0.127. The molecule has 0 saturated carbocycles. The largest absolute Gasteiger partial charge is 0.342 e. The molecule has 0 saturated heterocycles. The molecule has 0 heterocycles. The van der Waals surface area contributed by atoms with E-state index in [0.29, 0.717) is 19.3 Å². The summed E-state index contributed by atoms with van der Waals surface area (Å²) < 4.78 is 0. The van der Waals surface area contributed by atoms with Crippen molar-refractivity contribution in [2.24, 2.45) is 5.92 Å². The number of carbonyl (C=O) groups excluding carboxylic acids is 2. The van der Waals surface area contributed by atoms with Gasteiger partial charge >= 0.3 is 11.9 Å². The predicted molar refractivity (Wildman–Crippen MR) is 118 cm³/mol. The van der Waals surface area contributed by atoms with E-state index < -0.39 is 5.60 Å². The van der Waals surface area contributed by atoms with Gasteiger partial charge in [-0.25, -0.2) is 9.59 Å². The Labute approximate surface area is 184 Å². The Morgan fingerprint density at radius 2 is 1.20 bits per heavy atom. The van der Waals surface area contributed by atoms with Crippen LogP contribution in [0.1, 0.15) is 125 Å². The minimum atomic E-state index is -0.668. The zero-order valence-corrected chi connectivity index (χ0v) is 20.3. The summed E-state index contributed by atoms with van der Waals surface area (Å²) in [5, 5.41) is 0. The van der Waals surface area contributed by atoms with Crippen molar-refractivity contribution in [3.05, 3.63) is 0 Å². The monoisotopic (exact) mass is 430 g/mol. The molecule has 0 aliphatic carbocycles. The van der Waals surface area contributed by atoms with Crippen molar-refractivity contribution < 1.29 is 29.1 Å². The first-order valence-corrected chi connectivity index (χ1v) is 12.0. The van der Waals surface area contributed by atoms with Gasteiger partial charge in [0.05, 0.1) is 0 Å². The second-order valence-electron chi connectivity index (χ2n) is 8.97. The Morgan fingerprint density at radius 1 is 0.733 bits per heavy atom. The summed E-state index contributed by atoms with van der Waals surface area (Å²) in [5.74, 6) is -0.629. The first kappa shape index (κ1) is 28.9. The molecule has 6 nitrogen and oxygen atoms in total. The summed E-state index contributed by atoms with van der Waals surface area (Å²) in [7, 11) is 0. The van der Waals surface area contributed by atoms with Gasteiger partial charge in [-0.15, -0.1) is 0 Å². The molecule has 0 aromatic heterocycles. The van der Waals surface area contributed by atoms with Crippen molar-refractivity contribution in [3.8, 4) is 0 Å². The Balaban J connectivity index is 4.02. The standard InChI is InChI=1S/C24H46O6/c1-7-9-11-13-15-17-22(25)28-27-21(4)19-20(3)24(5,6)30-29-23(26)18-16-14-12-10-8-2/h20-21H,7-19H2,1-6H3. The van der Waals surface area contributed by atoms with Crippen molar-refractivity contribution in [2.75, 3.05) is 0 Å². The molecule has 0 aromatic rings. The van der Waals surface area contributed by atoms with Gasteiger partial charge in [-0.1, -0.05) is 72.1 Å². The zero-order chi connectivity index (χ0) is 22.8. The fourth-order valence-corrected chi connectivity index (χ4v) is 3.02. The molecule has 0 bridgehead atoms. The topological polar surface area (TPSA) is 71.1 Å². The second kappa shape index (κ2) is 17.5. The fraction of sp³-hybridized carbons (Fsp3) is 0.917. The molecule has 0 amide bonds. The van der Waals surface area contributed by atoms with Gasteiger partial charge in [0, 0.05) is 12.8 Å². The van der Waals surface area contributed by atoms with Crippen LogP contribution >= 0.6 is 0 Å². The summed E-state index contributed by atoms with van der Waals surface area (Å²) in [6.45, 7) is 11.9. The van der Waals surface area contributed by atoms with Crippen LogP contribution in [0, 0.1) is 5.92 Å². The molecule has 2 unspecified atom stereocenters. The Bertz CT molecular complexity index is 449. The third kappa shape index (κ3) is 15.7. The maximum Gasteiger partial charge on any atom is 0.342 e. The molecule has 0 aliphatic heterocycles. The Morgan fingerprint density at radius 3 is 1.70 bits per heavy atom. The van der Waals surface area contributed by atoms with Crippen molar-refractivity contribution in [1.82, 2.24) is 0 Å². The van der Waals surface area contributed by atoms with E-state index in [9.17, 15) is 9.59 Å². The van der Waals surface area contributed by atoms with E-state index in [0.717, 1.165) is 38.5 Å². The van der Waals surface area contributed by atoms with E-state index in [2.05, 4.69) is 13.8 Å². The first-order valence-electron chi connectivity index (χ1n) is 12.0. The van der Waals surface area contributed by atoms with E-state index in [1.807, 2.05) is 27.7 Å². The van der Waals surface area contributed by atoms with E-state index in [-0.39, 0.29) is 24.0 Å². The van der Waals surface area contributed by atoms with Crippen molar-refractivity contribution in [2.45, 2.75) is 137 Å². The lowest BCUT2D eigenvalue weighted by Crippen LogP contribution is -2.36. The molecular formula is C24H46O6. The molecule has 0 spiro atoms. The Hall–Kier alpha value is -1.14. The number of carbonyl (C=O) groups is 2. The number of hydrogen-bond donors (Lipinski definition) is 0. The van der Waals surface area contributed by atoms with Crippen molar-refractivity contribution in [1.29, 1.82) is 0 Å². The normalized spacial score (nSPS) is 13.7. The number of rotatable bonds is 19. The number of unbranched alkanes of at least 4 members (excludes halogenated alkanes) is 8. The molecule has 0 aliphatic rings. The molecule has 0 aromatic carbocycles. The molecule has 0 rings (SSSR count). The molecule has 0 radical (unpaired) electrons. The smallest absolute Gasteiger partial charge is 0.298 e. The molecule has 6 heteroatoms. The van der Waals surface area contributed by atoms with Gasteiger partial charge in [-0.3, -0.25) is 9.78 Å². The molecule has 0 fully saturated rings. The van der Waals surface area contributed by atoms with E-state index in [1.54, 1.807) is 0 Å². The average molecular weight is 431 g/mol. The molecule has 0 N–H and O–H groups in total. The third-order valence-corrected chi connectivity index (χ3v) is 5.50. The molecule has 2 atom stereocenters. The van der Waals surface area contributed by atoms with Crippen LogP contribution in [0.15, 0.2) is 0 Å². The van der Waals surface area contributed by atoms with Gasteiger partial charge < -0.3 is 0 Å². The molecular weight excluding hydrogens is 384 g/mol. The molecule has 178 valence electrons. The fourth-order valence-electron chi connectivity index (χ4n) is 3.02. The van der Waals surface area contributed by atoms with Crippen LogP contribution < -0.4 is 0 Å². The van der Waals surface area contributed by atoms with Gasteiger partial charge in [0.25, 0.3) is 0 Å². The summed E-state index contributed by atoms with van der Waals surface area (Å²) in [4.78, 5) is 44.2. The highest BCUT2D eigenvalue weighted by molar-refractivity contribution is 5.68. The highest BCUT2D eigenvalue weighted by atomic mass is 17.2. The SMILES string of the molecule is CCCCCCCC(=O)OOC(C)CC(C)C(C)(C)OOC(=O)CCCCCCC. The van der Waals surface area contributed by atoms with Gasteiger partial charge in [0.1, 0.15) is 11.7 Å². The van der Waals surface area contributed by atoms with E-state index in [1.165, 1.54) is 25.7 Å². The predicted octanol–water partition coefficient (Wildman–Crippen LogP) is 6.85. The lowest BCUT2D eigenvalue weighted by atomic mass is 9.88. The van der Waals surface area contributed by atoms with Crippen LogP contribution in [-0.4, -0.2) is 23.6 Å². The first-order chi connectivity index (χ1) is 14.2. The summed E-state index contributed by atoms with van der Waals surface area (Å²) in [6, 6.07) is 0. The highest BCUT2D eigenvalue weighted by Crippen LogP contribution is 2.27. The van der Waals surface area contributed by atoms with E-state index >= 15 is 0 Å². The zero-order valence-electron chi connectivity index (χ0n) is 20.3. The van der Waals surface area contributed by atoms with Crippen LogP contribution in [0.2, 0.25) is 0 Å². The third-order valence-electron chi connectivity index (χ3n) is 5.50. The lowest BCUT2D eigenvalue weighted by Gasteiger charge is -2.30. The van der Waals surface area contributed by atoms with Crippen LogP contribution in [0.3, 0.4) is 0 Å². The number of hydrogen-bond acceptors (Lipinski definition) is 6. The summed E-state index contributed by atoms with van der Waals surface area (Å²) >= 11 is 0. The van der Waals surface area contributed by atoms with Crippen LogP contribution in [0.4, 0.5) is 0 Å². The minimum absolute atomic E-state index is 0.0256. The Kier molecular flexibility index (Phi) is 16.9. The van der Waals surface area contributed by atoms with Crippen molar-refractivity contribution >= 4 is 11.9 Å². The summed E-state index contributed by atoms with van der Waals surface area (Å²) in [6.07, 6.45) is 11.9. The van der Waals surface area contributed by atoms with Crippen LogP contribution in [0.5, 0.6) is 0 Å². The van der Waals surface area contributed by atoms with Gasteiger partial charge in [0.15, 0.2) is 0 Å². The average Bonchev–Trinajstić information content (AvgIpc) is 2.70. The summed E-state index contributed by atoms with van der Waals surface area (Å²) in [5.41, 5.74) is -0.668. The van der Waals surface area contributed by atoms with Gasteiger partial charge in [-0.05, 0) is 46.0 Å². The second-order valence-corrected chi connectivity index (χ2v) is 8.97. The highest BCUT2D eigenvalue weighted by Gasteiger charge is 2.31. The van der Waals surface area contributed by atoms with Gasteiger partial charge in [0.2, 0.25) is 0 Å². The maximum absolute atomic E-state index is 11.9.